The minimum absolute atomic E-state index is 0.333. The summed E-state index contributed by atoms with van der Waals surface area (Å²) in [6.07, 6.45) is 2.49. The van der Waals surface area contributed by atoms with Gasteiger partial charge in [0.2, 0.25) is 0 Å². The Morgan fingerprint density at radius 1 is 1.18 bits per heavy atom. The van der Waals surface area contributed by atoms with E-state index in [1.54, 1.807) is 19.4 Å². The lowest BCUT2D eigenvalue weighted by Gasteiger charge is -2.14. The summed E-state index contributed by atoms with van der Waals surface area (Å²) in [5, 5.41) is 7.99. The van der Waals surface area contributed by atoms with Gasteiger partial charge in [-0.3, -0.25) is 5.43 Å². The van der Waals surface area contributed by atoms with Crippen molar-refractivity contribution in [1.82, 2.24) is 5.43 Å². The largest absolute Gasteiger partial charge is 0.495 e. The SMILES string of the molecule is CCCOc1c(Cl)cc(/C=N\NC(=S)Nc2ccccc2OC)cc1OCC. The summed E-state index contributed by atoms with van der Waals surface area (Å²) in [4.78, 5) is 0. The van der Waals surface area contributed by atoms with Crippen LogP contribution in [-0.2, 0) is 0 Å². The fraction of sp³-hybridized carbons (Fsp3) is 0.300. The number of anilines is 1. The van der Waals surface area contributed by atoms with Crippen LogP contribution in [0.3, 0.4) is 0 Å². The van der Waals surface area contributed by atoms with Gasteiger partial charge in [-0.2, -0.15) is 5.10 Å². The molecule has 2 rings (SSSR count). The van der Waals surface area contributed by atoms with Crippen molar-refractivity contribution in [3.05, 3.63) is 47.0 Å². The van der Waals surface area contributed by atoms with Crippen LogP contribution in [-0.4, -0.2) is 31.7 Å². The number of methoxy groups -OCH3 is 1. The molecule has 0 unspecified atom stereocenters. The van der Waals surface area contributed by atoms with E-state index in [1.807, 2.05) is 44.2 Å². The number of benzene rings is 2. The standard InChI is InChI=1S/C20H24ClN3O3S/c1-4-10-27-19-15(21)11-14(12-18(19)26-5-2)13-22-24-20(28)23-16-8-6-7-9-17(16)25-3/h6-9,11-13H,4-5,10H2,1-3H3,(H2,23,24,28)/b22-13-. The predicted molar refractivity (Wildman–Crippen MR) is 118 cm³/mol. The van der Waals surface area contributed by atoms with Crippen LogP contribution >= 0.6 is 23.8 Å². The molecule has 2 aromatic carbocycles. The van der Waals surface area contributed by atoms with Crippen LogP contribution in [0.4, 0.5) is 5.69 Å². The van der Waals surface area contributed by atoms with Crippen LogP contribution in [0.25, 0.3) is 0 Å². The Balaban J connectivity index is 2.05. The summed E-state index contributed by atoms with van der Waals surface area (Å²) >= 11 is 11.6. The molecule has 0 fully saturated rings. The van der Waals surface area contributed by atoms with Crippen molar-refractivity contribution < 1.29 is 14.2 Å². The van der Waals surface area contributed by atoms with E-state index in [0.29, 0.717) is 40.6 Å². The second kappa shape index (κ2) is 11.4. The number of nitrogens with zero attached hydrogens (tertiary/aromatic N) is 1. The maximum absolute atomic E-state index is 6.35. The number of hydrogen-bond acceptors (Lipinski definition) is 5. The van der Waals surface area contributed by atoms with Gasteiger partial charge in [0.1, 0.15) is 5.75 Å². The van der Waals surface area contributed by atoms with Crippen LogP contribution in [0.15, 0.2) is 41.5 Å². The highest BCUT2D eigenvalue weighted by molar-refractivity contribution is 7.80. The zero-order valence-electron chi connectivity index (χ0n) is 16.1. The van der Waals surface area contributed by atoms with Crippen LogP contribution in [0.2, 0.25) is 5.02 Å². The van der Waals surface area contributed by atoms with Crippen molar-refractivity contribution >= 4 is 40.8 Å². The first-order valence-electron chi connectivity index (χ1n) is 8.91. The molecule has 8 heteroatoms. The molecule has 0 saturated heterocycles. The first-order chi connectivity index (χ1) is 13.6. The molecule has 28 heavy (non-hydrogen) atoms. The molecule has 6 nitrogen and oxygen atoms in total. The number of hydrogen-bond donors (Lipinski definition) is 2. The molecule has 0 saturated carbocycles. The third kappa shape index (κ3) is 6.28. The average molecular weight is 422 g/mol. The van der Waals surface area contributed by atoms with Gasteiger partial charge in [-0.25, -0.2) is 0 Å². The van der Waals surface area contributed by atoms with Gasteiger partial charge in [0, 0.05) is 0 Å². The van der Waals surface area contributed by atoms with Gasteiger partial charge in [0.15, 0.2) is 16.6 Å². The van der Waals surface area contributed by atoms with Gasteiger partial charge >= 0.3 is 0 Å². The van der Waals surface area contributed by atoms with Crippen molar-refractivity contribution in [2.45, 2.75) is 20.3 Å². The minimum Gasteiger partial charge on any atom is -0.495 e. The molecule has 0 aliphatic rings. The van der Waals surface area contributed by atoms with Crippen molar-refractivity contribution in [2.75, 3.05) is 25.6 Å². The summed E-state index contributed by atoms with van der Waals surface area (Å²) in [7, 11) is 1.60. The lowest BCUT2D eigenvalue weighted by molar-refractivity contribution is 0.277. The Morgan fingerprint density at radius 2 is 1.96 bits per heavy atom. The van der Waals surface area contributed by atoms with Crippen molar-refractivity contribution in [1.29, 1.82) is 0 Å². The van der Waals surface area contributed by atoms with Gasteiger partial charge in [-0.15, -0.1) is 0 Å². The molecule has 0 aromatic heterocycles. The number of thiocarbonyl (C=S) groups is 1. The highest BCUT2D eigenvalue weighted by Gasteiger charge is 2.12. The molecule has 0 spiro atoms. The third-order valence-corrected chi connectivity index (χ3v) is 3.99. The Kier molecular flexibility index (Phi) is 8.84. The number of halogens is 1. The van der Waals surface area contributed by atoms with Gasteiger partial charge in [-0.1, -0.05) is 30.7 Å². The van der Waals surface area contributed by atoms with Crippen LogP contribution in [0.1, 0.15) is 25.8 Å². The van der Waals surface area contributed by atoms with E-state index in [0.717, 1.165) is 17.7 Å². The maximum Gasteiger partial charge on any atom is 0.191 e. The molecule has 0 bridgehead atoms. The van der Waals surface area contributed by atoms with E-state index in [9.17, 15) is 0 Å². The van der Waals surface area contributed by atoms with E-state index < -0.39 is 0 Å². The molecule has 0 atom stereocenters. The molecule has 0 radical (unpaired) electrons. The number of nitrogens with one attached hydrogen (secondary N) is 2. The number of para-hydroxylation sites is 2. The highest BCUT2D eigenvalue weighted by atomic mass is 35.5. The van der Waals surface area contributed by atoms with E-state index in [-0.39, 0.29) is 0 Å². The molecule has 2 aromatic rings. The molecule has 0 aliphatic carbocycles. The van der Waals surface area contributed by atoms with Gasteiger partial charge in [-0.05, 0) is 55.4 Å². The highest BCUT2D eigenvalue weighted by Crippen LogP contribution is 2.36. The summed E-state index contributed by atoms with van der Waals surface area (Å²) in [6, 6.07) is 11.1. The Bertz CT molecular complexity index is 830. The minimum atomic E-state index is 0.333. The fourth-order valence-electron chi connectivity index (χ4n) is 2.33. The van der Waals surface area contributed by atoms with Gasteiger partial charge < -0.3 is 19.5 Å². The lowest BCUT2D eigenvalue weighted by atomic mass is 10.2. The lowest BCUT2D eigenvalue weighted by Crippen LogP contribution is -2.24. The molecule has 2 N–H and O–H groups in total. The molecular weight excluding hydrogens is 398 g/mol. The van der Waals surface area contributed by atoms with Crippen molar-refractivity contribution in [3.63, 3.8) is 0 Å². The monoisotopic (exact) mass is 421 g/mol. The summed E-state index contributed by atoms with van der Waals surface area (Å²) in [5.41, 5.74) is 4.27. The molecule has 0 amide bonds. The maximum atomic E-state index is 6.35. The van der Waals surface area contributed by atoms with Crippen molar-refractivity contribution in [3.8, 4) is 17.2 Å². The van der Waals surface area contributed by atoms with Crippen LogP contribution < -0.4 is 25.0 Å². The molecule has 150 valence electrons. The predicted octanol–water partition coefficient (Wildman–Crippen LogP) is 4.86. The molecule has 0 aliphatic heterocycles. The Hall–Kier alpha value is -2.51. The quantitative estimate of drug-likeness (QED) is 0.342. The molecular formula is C20H24ClN3O3S. The van der Waals surface area contributed by atoms with E-state index in [1.165, 1.54) is 0 Å². The number of rotatable bonds is 9. The summed E-state index contributed by atoms with van der Waals surface area (Å²) < 4.78 is 16.6. The third-order valence-electron chi connectivity index (χ3n) is 3.52. The Labute approximate surface area is 175 Å². The van der Waals surface area contributed by atoms with Gasteiger partial charge in [0.05, 0.1) is 37.2 Å². The number of hydrazone groups is 1. The zero-order chi connectivity index (χ0) is 20.4. The summed E-state index contributed by atoms with van der Waals surface area (Å²) in [5.74, 6) is 1.81. The van der Waals surface area contributed by atoms with Crippen LogP contribution in [0, 0.1) is 0 Å². The van der Waals surface area contributed by atoms with Crippen LogP contribution in [0.5, 0.6) is 17.2 Å². The first-order valence-corrected chi connectivity index (χ1v) is 9.69. The zero-order valence-corrected chi connectivity index (χ0v) is 17.7. The normalized spacial score (nSPS) is 10.6. The first kappa shape index (κ1) is 21.8. The van der Waals surface area contributed by atoms with E-state index >= 15 is 0 Å². The number of ether oxygens (including phenoxy) is 3. The Morgan fingerprint density at radius 3 is 2.68 bits per heavy atom. The smallest absolute Gasteiger partial charge is 0.191 e. The summed E-state index contributed by atoms with van der Waals surface area (Å²) in [6.45, 7) is 5.01. The second-order valence-electron chi connectivity index (χ2n) is 5.64. The van der Waals surface area contributed by atoms with Crippen molar-refractivity contribution in [2.24, 2.45) is 5.10 Å². The fourth-order valence-corrected chi connectivity index (χ4v) is 2.77. The van der Waals surface area contributed by atoms with E-state index in [4.69, 9.17) is 38.0 Å². The topological polar surface area (TPSA) is 64.1 Å². The van der Waals surface area contributed by atoms with Gasteiger partial charge in [0.25, 0.3) is 0 Å². The second-order valence-corrected chi connectivity index (χ2v) is 6.45. The average Bonchev–Trinajstić information content (AvgIpc) is 2.68. The van der Waals surface area contributed by atoms with E-state index in [2.05, 4.69) is 15.8 Å². The molecule has 0 heterocycles.